The fourth-order valence-corrected chi connectivity index (χ4v) is 3.96. The lowest BCUT2D eigenvalue weighted by atomic mass is 10.00. The average Bonchev–Trinajstić information content (AvgIpc) is 2.93. The fourth-order valence-electron chi connectivity index (χ4n) is 3.96. The number of hydrogen-bond acceptors (Lipinski definition) is 2. The van der Waals surface area contributed by atoms with Gasteiger partial charge >= 0.3 is 5.82 Å². The van der Waals surface area contributed by atoms with Gasteiger partial charge in [-0.1, -0.05) is 69.0 Å². The zero-order valence-electron chi connectivity index (χ0n) is 15.1. The molecule has 4 heteroatoms. The summed E-state index contributed by atoms with van der Waals surface area (Å²) in [5.74, 6) is 0.429. The number of hydrogen-bond donors (Lipinski definition) is 1. The Morgan fingerprint density at radius 1 is 0.846 bits per heavy atom. The highest BCUT2D eigenvalue weighted by Gasteiger charge is 2.25. The molecule has 4 rings (SSSR count). The molecule has 0 bridgehead atoms. The molecule has 0 atom stereocenters. The molecule has 134 valence electrons. The van der Waals surface area contributed by atoms with Crippen LogP contribution in [0.2, 0.25) is 0 Å². The van der Waals surface area contributed by atoms with Gasteiger partial charge in [-0.25, -0.2) is 4.73 Å². The summed E-state index contributed by atoms with van der Waals surface area (Å²) in [5, 5.41) is 27.8. The summed E-state index contributed by atoms with van der Waals surface area (Å²) in [7, 11) is 0. The predicted molar refractivity (Wildman–Crippen MR) is 106 cm³/mol. The van der Waals surface area contributed by atoms with Crippen LogP contribution in [0.4, 0.5) is 0 Å². The smallest absolute Gasteiger partial charge is 0.300 e. The lowest BCUT2D eigenvalue weighted by Crippen LogP contribution is -2.31. The number of imidazole rings is 1. The molecule has 0 fully saturated rings. The molecule has 1 heterocycles. The molecule has 0 amide bonds. The van der Waals surface area contributed by atoms with Gasteiger partial charge in [-0.05, 0) is 34.1 Å². The van der Waals surface area contributed by atoms with Crippen LogP contribution in [0.3, 0.4) is 0 Å². The highest BCUT2D eigenvalue weighted by Crippen LogP contribution is 2.34. The van der Waals surface area contributed by atoms with Crippen LogP contribution < -0.4 is 4.73 Å². The van der Waals surface area contributed by atoms with Crippen LogP contribution in [0.1, 0.15) is 44.9 Å². The van der Waals surface area contributed by atoms with Crippen LogP contribution in [-0.2, 0) is 6.42 Å². The largest absolute Gasteiger partial charge is 0.710 e. The molecular weight excluding hydrogens is 324 g/mol. The first-order valence-corrected chi connectivity index (χ1v) is 9.49. The second kappa shape index (κ2) is 6.87. The number of benzene rings is 3. The highest BCUT2D eigenvalue weighted by molar-refractivity contribution is 6.22. The third kappa shape index (κ3) is 2.57. The molecule has 1 N–H and O–H groups in total. The van der Waals surface area contributed by atoms with Crippen molar-refractivity contribution in [3.05, 3.63) is 59.6 Å². The molecular formula is C22H24N2O2. The lowest BCUT2D eigenvalue weighted by molar-refractivity contribution is -0.588. The van der Waals surface area contributed by atoms with Crippen molar-refractivity contribution in [1.82, 2.24) is 4.73 Å². The third-order valence-electron chi connectivity index (χ3n) is 5.28. The Bertz CT molecular complexity index is 1000. The molecule has 26 heavy (non-hydrogen) atoms. The van der Waals surface area contributed by atoms with Gasteiger partial charge in [-0.15, -0.1) is 0 Å². The maximum absolute atomic E-state index is 13.1. The summed E-state index contributed by atoms with van der Waals surface area (Å²) in [6.45, 7) is 2.19. The van der Waals surface area contributed by atoms with Gasteiger partial charge in [0.25, 0.3) is 0 Å². The van der Waals surface area contributed by atoms with E-state index in [1.807, 2.05) is 48.5 Å². The van der Waals surface area contributed by atoms with E-state index in [9.17, 15) is 10.4 Å². The summed E-state index contributed by atoms with van der Waals surface area (Å²) >= 11 is 0. The second-order valence-corrected chi connectivity index (χ2v) is 6.98. The molecule has 0 spiro atoms. The quantitative estimate of drug-likeness (QED) is 0.168. The molecule has 0 unspecified atom stereocenters. The van der Waals surface area contributed by atoms with Crippen molar-refractivity contribution >= 4 is 32.6 Å². The van der Waals surface area contributed by atoms with E-state index >= 15 is 0 Å². The van der Waals surface area contributed by atoms with Gasteiger partial charge in [0.15, 0.2) is 5.52 Å². The zero-order valence-corrected chi connectivity index (χ0v) is 15.1. The van der Waals surface area contributed by atoms with E-state index in [1.165, 1.54) is 19.3 Å². The molecule has 0 aliphatic heterocycles. The van der Waals surface area contributed by atoms with Crippen LogP contribution in [0.25, 0.3) is 32.6 Å². The predicted octanol–water partition coefficient (Wildman–Crippen LogP) is 5.33. The van der Waals surface area contributed by atoms with Crippen LogP contribution in [0.15, 0.2) is 48.5 Å². The first-order chi connectivity index (χ1) is 12.7. The minimum atomic E-state index is 0.429. The van der Waals surface area contributed by atoms with Crippen molar-refractivity contribution in [2.75, 3.05) is 0 Å². The number of aromatic nitrogens is 2. The van der Waals surface area contributed by atoms with Gasteiger partial charge in [0.2, 0.25) is 5.52 Å². The molecule has 3 aromatic carbocycles. The van der Waals surface area contributed by atoms with Crippen LogP contribution in [0, 0.1) is 5.21 Å². The molecule has 0 aliphatic carbocycles. The molecule has 0 saturated heterocycles. The van der Waals surface area contributed by atoms with Crippen LogP contribution >= 0.6 is 0 Å². The highest BCUT2D eigenvalue weighted by atomic mass is 16.5. The SMILES string of the molecule is CCCCCCCc1n(O)c2c3ccccc3c3ccccc3c2[n+]1[O-]. The van der Waals surface area contributed by atoms with Gasteiger partial charge in [0, 0.05) is 10.8 Å². The van der Waals surface area contributed by atoms with E-state index < -0.39 is 0 Å². The summed E-state index contributed by atoms with van der Waals surface area (Å²) in [6, 6.07) is 15.9. The second-order valence-electron chi connectivity index (χ2n) is 6.98. The van der Waals surface area contributed by atoms with Crippen LogP contribution in [0.5, 0.6) is 0 Å². The van der Waals surface area contributed by atoms with Crippen molar-refractivity contribution in [3.8, 4) is 0 Å². The van der Waals surface area contributed by atoms with Crippen LogP contribution in [-0.4, -0.2) is 9.94 Å². The number of fused-ring (bicyclic) bond motifs is 6. The Morgan fingerprint density at radius 3 is 2.12 bits per heavy atom. The Labute approximate surface area is 152 Å². The van der Waals surface area contributed by atoms with E-state index in [4.69, 9.17) is 0 Å². The van der Waals surface area contributed by atoms with E-state index in [0.29, 0.717) is 23.3 Å². The molecule has 4 nitrogen and oxygen atoms in total. The molecule has 1 aromatic heterocycles. The van der Waals surface area contributed by atoms with Crippen molar-refractivity contribution in [2.24, 2.45) is 0 Å². The first kappa shape index (κ1) is 16.7. The molecule has 0 aliphatic rings. The average molecular weight is 348 g/mol. The Kier molecular flexibility index (Phi) is 4.41. The van der Waals surface area contributed by atoms with Gasteiger partial charge in [0.05, 0.1) is 6.42 Å². The molecule has 4 aromatic rings. The lowest BCUT2D eigenvalue weighted by Gasteiger charge is -2.06. The summed E-state index contributed by atoms with van der Waals surface area (Å²) in [5.41, 5.74) is 1.17. The monoisotopic (exact) mass is 348 g/mol. The fraction of sp³-hybridized carbons (Fsp3) is 0.318. The number of nitrogens with zero attached hydrogens (tertiary/aromatic N) is 2. The number of rotatable bonds is 6. The topological polar surface area (TPSA) is 52.1 Å². The summed E-state index contributed by atoms with van der Waals surface area (Å²) < 4.78 is 2.06. The maximum Gasteiger partial charge on any atom is 0.300 e. The van der Waals surface area contributed by atoms with Crippen molar-refractivity contribution in [2.45, 2.75) is 45.4 Å². The Morgan fingerprint density at radius 2 is 1.42 bits per heavy atom. The zero-order chi connectivity index (χ0) is 18.1. The minimum absolute atomic E-state index is 0.429. The van der Waals surface area contributed by atoms with Gasteiger partial charge < -0.3 is 10.4 Å². The molecule has 0 saturated carbocycles. The van der Waals surface area contributed by atoms with Gasteiger partial charge in [-0.2, -0.15) is 0 Å². The normalized spacial score (nSPS) is 11.7. The number of unbranched alkanes of at least 4 members (excludes halogenated alkanes) is 4. The van der Waals surface area contributed by atoms with E-state index in [1.54, 1.807) is 0 Å². The van der Waals surface area contributed by atoms with Crippen molar-refractivity contribution < 1.29 is 9.94 Å². The first-order valence-electron chi connectivity index (χ1n) is 9.49. The van der Waals surface area contributed by atoms with E-state index in [0.717, 1.165) is 43.8 Å². The minimum Gasteiger partial charge on any atom is -0.710 e. The Hall–Kier alpha value is -2.75. The van der Waals surface area contributed by atoms with Gasteiger partial charge in [-0.3, -0.25) is 0 Å². The van der Waals surface area contributed by atoms with Crippen molar-refractivity contribution in [3.63, 3.8) is 0 Å². The Balaban J connectivity index is 1.91. The van der Waals surface area contributed by atoms with Crippen molar-refractivity contribution in [1.29, 1.82) is 0 Å². The van der Waals surface area contributed by atoms with Gasteiger partial charge in [0.1, 0.15) is 0 Å². The standard InChI is InChI=1S/C22H24N2O2/c1-2-3-4-5-6-15-20-23(25)21-18-13-9-7-11-16(18)17-12-8-10-14-19(17)22(21)24(20)26/h7-14,25H,2-6,15H2,1H3. The van der Waals surface area contributed by atoms with E-state index in [-0.39, 0.29) is 0 Å². The van der Waals surface area contributed by atoms with E-state index in [2.05, 4.69) is 6.92 Å². The molecule has 0 radical (unpaired) electrons. The summed E-state index contributed by atoms with van der Waals surface area (Å²) in [6.07, 6.45) is 6.16. The maximum atomic E-state index is 13.1. The summed E-state index contributed by atoms with van der Waals surface area (Å²) in [4.78, 5) is 0. The third-order valence-corrected chi connectivity index (χ3v) is 5.28.